The van der Waals surface area contributed by atoms with E-state index in [1.54, 1.807) is 93.5 Å². The number of nitrogens with one attached hydrogen (secondary N) is 5. The third-order valence-electron chi connectivity index (χ3n) is 8.86. The van der Waals surface area contributed by atoms with Gasteiger partial charge in [-0.25, -0.2) is 9.59 Å². The summed E-state index contributed by atoms with van der Waals surface area (Å²) in [5.74, 6) is -1.03. The van der Waals surface area contributed by atoms with E-state index in [1.807, 2.05) is 27.7 Å². The molecule has 0 bridgehead atoms. The second kappa shape index (κ2) is 31.1. The predicted molar refractivity (Wildman–Crippen MR) is 263 cm³/mol. The number of halogens is 1. The Bertz CT molecular complexity index is 1880. The lowest BCUT2D eigenvalue weighted by Gasteiger charge is -2.26. The van der Waals surface area contributed by atoms with Crippen molar-refractivity contribution < 1.29 is 52.5 Å². The zero-order valence-electron chi connectivity index (χ0n) is 41.3. The molecule has 5 N–H and O–H groups in total. The topological polar surface area (TPSA) is 242 Å². The third kappa shape index (κ3) is 30.0. The number of hydrogen-bond donors (Lipinski definition) is 5. The number of carbonyl (C=O) groups excluding carboxylic acids is 6. The van der Waals surface area contributed by atoms with E-state index in [1.165, 1.54) is 14.2 Å². The monoisotopic (exact) mass is 971 g/mol. The van der Waals surface area contributed by atoms with Crippen LogP contribution in [0.5, 0.6) is 5.75 Å². The number of H-pyrrole nitrogens is 1. The number of aromatic nitrogens is 2. The molecule has 4 amide bonds. The van der Waals surface area contributed by atoms with Crippen molar-refractivity contribution in [3.05, 3.63) is 57.3 Å². The maximum Gasteiger partial charge on any atom is 0.407 e. The number of alkyl carbamates (subject to hydrolysis) is 2. The van der Waals surface area contributed by atoms with Gasteiger partial charge in [0, 0.05) is 74.4 Å². The molecule has 18 nitrogen and oxygen atoms in total. The number of ketones is 2. The van der Waals surface area contributed by atoms with Gasteiger partial charge in [-0.05, 0) is 123 Å². The Morgan fingerprint density at radius 1 is 0.642 bits per heavy atom. The van der Waals surface area contributed by atoms with Crippen LogP contribution in [0, 0.1) is 27.7 Å². The summed E-state index contributed by atoms with van der Waals surface area (Å²) in [4.78, 5) is 90.7. The van der Waals surface area contributed by atoms with Crippen LogP contribution in [0.25, 0.3) is 0 Å². The van der Waals surface area contributed by atoms with E-state index in [-0.39, 0.29) is 44.3 Å². The number of rotatable bonds is 20. The Kier molecular flexibility index (Phi) is 30.7. The molecule has 0 aliphatic heterocycles. The minimum Gasteiger partial charge on any atom is -0.486 e. The van der Waals surface area contributed by atoms with E-state index in [4.69, 9.17) is 35.3 Å². The van der Waals surface area contributed by atoms with E-state index in [0.717, 1.165) is 22.8 Å². The van der Waals surface area contributed by atoms with Crippen molar-refractivity contribution >= 4 is 47.2 Å². The van der Waals surface area contributed by atoms with Gasteiger partial charge >= 0.3 is 12.2 Å². The fourth-order valence-electron chi connectivity index (χ4n) is 5.18. The van der Waals surface area contributed by atoms with Crippen LogP contribution in [-0.2, 0) is 38.1 Å². The number of methoxy groups -OCH3 is 2. The fourth-order valence-corrected chi connectivity index (χ4v) is 5.36. The Balaban J connectivity index is -0.00000103. The number of pyridine rings is 2. The van der Waals surface area contributed by atoms with Crippen molar-refractivity contribution in [1.82, 2.24) is 31.2 Å². The van der Waals surface area contributed by atoms with Gasteiger partial charge in [-0.3, -0.25) is 29.0 Å². The summed E-state index contributed by atoms with van der Waals surface area (Å²) < 4.78 is 26.2. The largest absolute Gasteiger partial charge is 0.486 e. The minimum absolute atomic E-state index is 0. The van der Waals surface area contributed by atoms with Crippen molar-refractivity contribution in [2.45, 2.75) is 172 Å². The third-order valence-corrected chi connectivity index (χ3v) is 9.12. The quantitative estimate of drug-likeness (QED) is 0.0656. The molecule has 2 aromatic heterocycles. The van der Waals surface area contributed by atoms with Gasteiger partial charge in [0.25, 0.3) is 11.8 Å². The van der Waals surface area contributed by atoms with Crippen molar-refractivity contribution in [3.63, 3.8) is 0 Å². The molecular formula is C48H83ClN6O12. The number of alkyl halides is 1. The second-order valence-electron chi connectivity index (χ2n) is 18.2. The molecule has 0 saturated heterocycles. The van der Waals surface area contributed by atoms with Gasteiger partial charge < -0.3 is 49.9 Å². The Morgan fingerprint density at radius 2 is 1.01 bits per heavy atom. The summed E-state index contributed by atoms with van der Waals surface area (Å²) >= 11 is 5.59. The van der Waals surface area contributed by atoms with Crippen molar-refractivity contribution in [1.29, 1.82) is 0 Å². The molecule has 19 heteroatoms. The molecule has 0 aliphatic rings. The number of nitrogens with zero attached hydrogens (tertiary/aromatic N) is 1. The van der Waals surface area contributed by atoms with Crippen LogP contribution in [0.3, 0.4) is 0 Å². The lowest BCUT2D eigenvalue weighted by Crippen LogP contribution is -2.51. The number of aryl methyl sites for hydroxylation is 4. The van der Waals surface area contributed by atoms with E-state index >= 15 is 0 Å². The normalized spacial score (nSPS) is 12.0. The summed E-state index contributed by atoms with van der Waals surface area (Å²) in [5, 5.41) is 10.6. The summed E-state index contributed by atoms with van der Waals surface area (Å²) in [6, 6.07) is 5.13. The molecule has 2 rings (SSSR count). The number of hydrogen-bond acceptors (Lipinski definition) is 13. The molecule has 2 atom stereocenters. The highest BCUT2D eigenvalue weighted by Crippen LogP contribution is 2.15. The predicted octanol–water partition coefficient (Wildman–Crippen LogP) is 7.13. The fraction of sp³-hybridized carbons (Fsp3) is 0.667. The summed E-state index contributed by atoms with van der Waals surface area (Å²) in [6.07, 6.45) is 0.561. The molecule has 384 valence electrons. The summed E-state index contributed by atoms with van der Waals surface area (Å²) in [5.41, 5.74) is 0.181. The molecule has 0 aliphatic carbocycles. The Labute approximate surface area is 404 Å². The first-order valence-corrected chi connectivity index (χ1v) is 21.9. The highest BCUT2D eigenvalue weighted by Gasteiger charge is 2.32. The van der Waals surface area contributed by atoms with E-state index in [9.17, 15) is 33.6 Å². The standard InChI is InChI=1S/C23H37N3O6.C16H29ClN2O5.C7H9NO.2CH4/c1-15-12-17(13-16(2)25-15)31-14-19(27)18(26-20(28)23(6,7)30-8)10-9-11-24-21(29)32-22(3,4)5;1-15(2,3)24-14(22)18-9-7-8-11(12(20)10-17)19-13(21)16(4,5)23-6;1-5-3-7(9)4-6(2)8-5;;/h12-13,18H,9-11,14H2,1-8H3,(H,24,29)(H,26,28);11H,7-10H2,1-6H3,(H,18,22)(H,19,21);3-4H,1-2H3,(H,8,9);2*1H4/t18-;11-;;;/m00.../s1. The number of Topliss-reactive ketones (excluding diaryl/α,β-unsaturated/α-hetero) is 2. The van der Waals surface area contributed by atoms with Crippen molar-refractivity contribution in [3.8, 4) is 5.75 Å². The Hall–Kier alpha value is -5.07. The molecule has 0 spiro atoms. The molecule has 0 aromatic carbocycles. The van der Waals surface area contributed by atoms with Gasteiger partial charge in [-0.15, -0.1) is 11.6 Å². The molecule has 0 unspecified atom stereocenters. The molecule has 0 radical (unpaired) electrons. The lowest BCUT2D eigenvalue weighted by molar-refractivity contribution is -0.142. The van der Waals surface area contributed by atoms with Crippen LogP contribution in [0.15, 0.2) is 29.1 Å². The first-order chi connectivity index (χ1) is 29.8. The van der Waals surface area contributed by atoms with Crippen LogP contribution in [0.1, 0.15) is 133 Å². The zero-order valence-corrected chi connectivity index (χ0v) is 42.1. The molecule has 0 fully saturated rings. The van der Waals surface area contributed by atoms with E-state index in [0.29, 0.717) is 44.5 Å². The maximum absolute atomic E-state index is 12.8. The average Bonchev–Trinajstić information content (AvgIpc) is 3.16. The maximum atomic E-state index is 12.8. The molecule has 2 heterocycles. The van der Waals surface area contributed by atoms with Gasteiger partial charge in [0.15, 0.2) is 17.0 Å². The summed E-state index contributed by atoms with van der Waals surface area (Å²) in [6.45, 7) is 24.9. The first-order valence-electron chi connectivity index (χ1n) is 21.4. The van der Waals surface area contributed by atoms with E-state index < -0.39 is 58.5 Å². The van der Waals surface area contributed by atoms with Crippen LogP contribution in [0.4, 0.5) is 9.59 Å². The van der Waals surface area contributed by atoms with Crippen molar-refractivity contribution in [2.75, 3.05) is 39.8 Å². The second-order valence-corrected chi connectivity index (χ2v) is 18.5. The number of carbonyl (C=O) groups is 6. The highest BCUT2D eigenvalue weighted by atomic mass is 35.5. The smallest absolute Gasteiger partial charge is 0.407 e. The van der Waals surface area contributed by atoms with Gasteiger partial charge in [0.1, 0.15) is 34.8 Å². The van der Waals surface area contributed by atoms with Gasteiger partial charge in [0.05, 0.1) is 18.0 Å². The lowest BCUT2D eigenvalue weighted by atomic mass is 10.0. The first kappa shape index (κ1) is 66.2. The van der Waals surface area contributed by atoms with Crippen molar-refractivity contribution in [2.24, 2.45) is 0 Å². The van der Waals surface area contributed by atoms with Gasteiger partial charge in [-0.2, -0.15) is 0 Å². The Morgan fingerprint density at radius 3 is 1.34 bits per heavy atom. The highest BCUT2D eigenvalue weighted by molar-refractivity contribution is 6.28. The average molecular weight is 972 g/mol. The van der Waals surface area contributed by atoms with E-state index in [2.05, 4.69) is 31.2 Å². The van der Waals surface area contributed by atoms with Crippen LogP contribution >= 0.6 is 11.6 Å². The SMILES string of the molecule is C.C.COC(C)(C)C(=O)N[C@@H](CCCNC(=O)OC(C)(C)C)C(=O)CCl.COC(C)(C)C(=O)N[C@@H](CCCNC(=O)OC(C)(C)C)C(=O)COc1cc(C)nc(C)c1.Cc1cc(=O)cc(C)[nH]1. The molecule has 0 saturated carbocycles. The number of aromatic amines is 1. The van der Waals surface area contributed by atoms with Crippen LogP contribution in [0.2, 0.25) is 0 Å². The minimum atomic E-state index is -1.09. The zero-order chi connectivity index (χ0) is 50.3. The van der Waals surface area contributed by atoms with Crippen LogP contribution < -0.4 is 31.4 Å². The molecule has 67 heavy (non-hydrogen) atoms. The van der Waals surface area contributed by atoms with Crippen LogP contribution in [-0.4, -0.2) is 120 Å². The van der Waals surface area contributed by atoms with Gasteiger partial charge in [-0.1, -0.05) is 14.9 Å². The van der Waals surface area contributed by atoms with Gasteiger partial charge in [0.2, 0.25) is 0 Å². The number of ether oxygens (including phenoxy) is 5. The molecule has 2 aromatic rings. The molecular weight excluding hydrogens is 888 g/mol. The number of amides is 4. The summed E-state index contributed by atoms with van der Waals surface area (Å²) in [7, 11) is 2.85.